The number of halogens is 4. The second kappa shape index (κ2) is 8.73. The summed E-state index contributed by atoms with van der Waals surface area (Å²) in [6.07, 6.45) is 1.58. The first kappa shape index (κ1) is 17.7. The van der Waals surface area contributed by atoms with E-state index in [1.165, 1.54) is 6.42 Å². The zero-order chi connectivity index (χ0) is 14.1. The van der Waals surface area contributed by atoms with Gasteiger partial charge in [-0.05, 0) is 12.8 Å². The molecule has 0 radical (unpaired) electrons. The summed E-state index contributed by atoms with van der Waals surface area (Å²) in [6, 6.07) is 0. The van der Waals surface area contributed by atoms with Crippen LogP contribution in [0, 0.1) is 0 Å². The van der Waals surface area contributed by atoms with Crippen LogP contribution in [0.4, 0.5) is 17.6 Å². The molecule has 0 saturated carbocycles. The first-order valence-electron chi connectivity index (χ1n) is 6.74. The smallest absolute Gasteiger partial charge is 0.393 e. The van der Waals surface area contributed by atoms with E-state index in [0.29, 0.717) is 6.42 Å². The Bertz CT molecular complexity index is 206. The summed E-state index contributed by atoms with van der Waals surface area (Å²) in [5.41, 5.74) is -3.42. The Kier molecular flexibility index (Phi) is 8.57. The van der Waals surface area contributed by atoms with Crippen molar-refractivity contribution in [3.63, 3.8) is 0 Å². The van der Waals surface area contributed by atoms with Gasteiger partial charge in [-0.25, -0.2) is 4.39 Å². The van der Waals surface area contributed by atoms with Gasteiger partial charge in [0.05, 0.1) is 6.61 Å². The highest BCUT2D eigenvalue weighted by Gasteiger charge is 2.54. The molecule has 0 aliphatic rings. The standard InChI is InChI=1S/C13H24F4O/c1-2-3-4-5-6-7-8-9-10-12(14,11-18)13(15,16)17/h18H,2-11H2,1H3. The highest BCUT2D eigenvalue weighted by atomic mass is 19.4. The summed E-state index contributed by atoms with van der Waals surface area (Å²) < 4.78 is 50.2. The van der Waals surface area contributed by atoms with Crippen molar-refractivity contribution < 1.29 is 22.7 Å². The van der Waals surface area contributed by atoms with Gasteiger partial charge in [0, 0.05) is 0 Å². The zero-order valence-electron chi connectivity index (χ0n) is 11.0. The molecule has 0 amide bonds. The summed E-state index contributed by atoms with van der Waals surface area (Å²) >= 11 is 0. The van der Waals surface area contributed by atoms with Crippen molar-refractivity contribution in [1.29, 1.82) is 0 Å². The van der Waals surface area contributed by atoms with Crippen molar-refractivity contribution in [2.24, 2.45) is 0 Å². The van der Waals surface area contributed by atoms with Crippen molar-refractivity contribution in [1.82, 2.24) is 0 Å². The van der Waals surface area contributed by atoms with Gasteiger partial charge in [0.15, 0.2) is 0 Å². The van der Waals surface area contributed by atoms with Gasteiger partial charge in [0.1, 0.15) is 0 Å². The fraction of sp³-hybridized carbons (Fsp3) is 1.00. The van der Waals surface area contributed by atoms with E-state index in [9.17, 15) is 17.6 Å². The number of aliphatic hydroxyl groups is 1. The molecule has 0 aliphatic heterocycles. The number of rotatable bonds is 10. The summed E-state index contributed by atoms with van der Waals surface area (Å²) in [6.45, 7) is 0.639. The van der Waals surface area contributed by atoms with Gasteiger partial charge in [-0.15, -0.1) is 0 Å². The van der Waals surface area contributed by atoms with Crippen LogP contribution in [0.2, 0.25) is 0 Å². The van der Waals surface area contributed by atoms with Crippen LogP contribution in [-0.2, 0) is 0 Å². The summed E-state index contributed by atoms with van der Waals surface area (Å²) in [5, 5.41) is 8.53. The molecule has 0 fully saturated rings. The van der Waals surface area contributed by atoms with E-state index in [1.54, 1.807) is 0 Å². The van der Waals surface area contributed by atoms with E-state index in [1.807, 2.05) is 0 Å². The molecule has 0 rings (SSSR count). The molecular weight excluding hydrogens is 248 g/mol. The third-order valence-corrected chi connectivity index (χ3v) is 3.19. The van der Waals surface area contributed by atoms with Crippen molar-refractivity contribution in [3.8, 4) is 0 Å². The third kappa shape index (κ3) is 6.57. The van der Waals surface area contributed by atoms with Crippen molar-refractivity contribution in [2.45, 2.75) is 76.6 Å². The molecule has 110 valence electrons. The maximum atomic E-state index is 13.3. The van der Waals surface area contributed by atoms with Crippen LogP contribution >= 0.6 is 0 Å². The third-order valence-electron chi connectivity index (χ3n) is 3.19. The van der Waals surface area contributed by atoms with E-state index >= 15 is 0 Å². The monoisotopic (exact) mass is 272 g/mol. The minimum atomic E-state index is -4.97. The van der Waals surface area contributed by atoms with Crippen LogP contribution in [0.3, 0.4) is 0 Å². The minimum absolute atomic E-state index is 0.171. The zero-order valence-corrected chi connectivity index (χ0v) is 11.0. The average molecular weight is 272 g/mol. The molecule has 0 saturated heterocycles. The molecule has 18 heavy (non-hydrogen) atoms. The topological polar surface area (TPSA) is 20.2 Å². The van der Waals surface area contributed by atoms with Gasteiger partial charge < -0.3 is 5.11 Å². The Morgan fingerprint density at radius 2 is 1.22 bits per heavy atom. The molecule has 0 bridgehead atoms. The molecule has 0 aromatic carbocycles. The number of aliphatic hydroxyl groups excluding tert-OH is 1. The Balaban J connectivity index is 3.64. The van der Waals surface area contributed by atoms with Crippen molar-refractivity contribution >= 4 is 0 Å². The van der Waals surface area contributed by atoms with Crippen LogP contribution in [-0.4, -0.2) is 23.6 Å². The Labute approximate surface area is 107 Å². The normalized spacial score (nSPS) is 15.7. The molecule has 5 heteroatoms. The number of unbranched alkanes of at least 4 members (excludes halogenated alkanes) is 7. The van der Waals surface area contributed by atoms with Gasteiger partial charge in [-0.3, -0.25) is 0 Å². The van der Waals surface area contributed by atoms with Gasteiger partial charge >= 0.3 is 6.18 Å². The molecular formula is C13H24F4O. The lowest BCUT2D eigenvalue weighted by Gasteiger charge is -2.25. The van der Waals surface area contributed by atoms with E-state index in [4.69, 9.17) is 5.11 Å². The van der Waals surface area contributed by atoms with Gasteiger partial charge in [-0.2, -0.15) is 13.2 Å². The van der Waals surface area contributed by atoms with Gasteiger partial charge in [0.2, 0.25) is 5.67 Å². The molecule has 1 unspecified atom stereocenters. The van der Waals surface area contributed by atoms with Crippen LogP contribution in [0.1, 0.15) is 64.7 Å². The summed E-state index contributed by atoms with van der Waals surface area (Å²) in [5.74, 6) is 0. The van der Waals surface area contributed by atoms with Crippen LogP contribution in [0.5, 0.6) is 0 Å². The van der Waals surface area contributed by atoms with Gasteiger partial charge in [-0.1, -0.05) is 51.9 Å². The summed E-state index contributed by atoms with van der Waals surface area (Å²) in [4.78, 5) is 0. The lowest BCUT2D eigenvalue weighted by molar-refractivity contribution is -0.243. The first-order chi connectivity index (χ1) is 8.37. The lowest BCUT2D eigenvalue weighted by Crippen LogP contribution is -2.44. The fourth-order valence-corrected chi connectivity index (χ4v) is 1.85. The van der Waals surface area contributed by atoms with Gasteiger partial charge in [0.25, 0.3) is 0 Å². The van der Waals surface area contributed by atoms with E-state index in [-0.39, 0.29) is 6.42 Å². The average Bonchev–Trinajstić information content (AvgIpc) is 2.30. The number of hydrogen-bond donors (Lipinski definition) is 1. The molecule has 1 nitrogen and oxygen atoms in total. The molecule has 0 aromatic rings. The molecule has 0 aromatic heterocycles. The van der Waals surface area contributed by atoms with Crippen LogP contribution < -0.4 is 0 Å². The van der Waals surface area contributed by atoms with Crippen molar-refractivity contribution in [3.05, 3.63) is 0 Å². The molecule has 1 N–H and O–H groups in total. The van der Waals surface area contributed by atoms with E-state index < -0.39 is 24.9 Å². The Hall–Kier alpha value is -0.320. The Morgan fingerprint density at radius 3 is 1.61 bits per heavy atom. The van der Waals surface area contributed by atoms with Crippen LogP contribution in [0.15, 0.2) is 0 Å². The lowest BCUT2D eigenvalue weighted by atomic mass is 9.97. The van der Waals surface area contributed by atoms with Crippen molar-refractivity contribution in [2.75, 3.05) is 6.61 Å². The highest BCUT2D eigenvalue weighted by Crippen LogP contribution is 2.37. The Morgan fingerprint density at radius 1 is 0.778 bits per heavy atom. The minimum Gasteiger partial charge on any atom is -0.393 e. The molecule has 0 heterocycles. The maximum Gasteiger partial charge on any atom is 0.424 e. The van der Waals surface area contributed by atoms with E-state index in [2.05, 4.69) is 6.92 Å². The quantitative estimate of drug-likeness (QED) is 0.448. The SMILES string of the molecule is CCCCCCCCCCC(F)(CO)C(F)(F)F. The maximum absolute atomic E-state index is 13.3. The van der Waals surface area contributed by atoms with Crippen LogP contribution in [0.25, 0.3) is 0 Å². The molecule has 0 aliphatic carbocycles. The molecule has 1 atom stereocenters. The largest absolute Gasteiger partial charge is 0.424 e. The second-order valence-corrected chi connectivity index (χ2v) is 4.85. The second-order valence-electron chi connectivity index (χ2n) is 4.85. The number of hydrogen-bond acceptors (Lipinski definition) is 1. The number of alkyl halides is 4. The first-order valence-corrected chi connectivity index (χ1v) is 6.74. The fourth-order valence-electron chi connectivity index (χ4n) is 1.85. The molecule has 0 spiro atoms. The van der Waals surface area contributed by atoms with E-state index in [0.717, 1.165) is 32.1 Å². The predicted octanol–water partition coefficient (Wildman–Crippen LogP) is 4.78. The predicted molar refractivity (Wildman–Crippen MR) is 64.2 cm³/mol. The highest BCUT2D eigenvalue weighted by molar-refractivity contribution is 4.86. The summed E-state index contributed by atoms with van der Waals surface area (Å²) in [7, 11) is 0.